The van der Waals surface area contributed by atoms with Gasteiger partial charge >= 0.3 is 0 Å². The predicted molar refractivity (Wildman–Crippen MR) is 47.1 cm³/mol. The fraction of sp³-hybridized carbons (Fsp3) is 0.286. The molecule has 0 atom stereocenters. The second-order valence-electron chi connectivity index (χ2n) is 2.52. The zero-order valence-electron chi connectivity index (χ0n) is 6.70. The van der Waals surface area contributed by atoms with Crippen molar-refractivity contribution in [3.8, 4) is 0 Å². The maximum Gasteiger partial charge on any atom is 0.178 e. The van der Waals surface area contributed by atoms with Gasteiger partial charge in [-0.3, -0.25) is 0 Å². The normalized spacial score (nSPS) is 11.6. The Morgan fingerprint density at radius 1 is 1.50 bits per heavy atom. The Labute approximate surface area is 76.3 Å². The summed E-state index contributed by atoms with van der Waals surface area (Å²) in [5.74, 6) is 0. The Bertz CT molecular complexity index is 380. The van der Waals surface area contributed by atoms with E-state index in [1.165, 1.54) is 6.20 Å². The number of hydrogen-bond donors (Lipinski definition) is 0. The third kappa shape index (κ3) is 1.76. The maximum absolute atomic E-state index is 11.2. The Kier molecular flexibility index (Phi) is 2.39. The Morgan fingerprint density at radius 2 is 2.08 bits per heavy atom. The molecular weight excluding hydrogens is 198 g/mol. The predicted octanol–water partition coefficient (Wildman–Crippen LogP) is 1.45. The molecule has 5 heteroatoms. The molecule has 1 aromatic heterocycles. The lowest BCUT2D eigenvalue weighted by Crippen LogP contribution is -2.01. The third-order valence-electron chi connectivity index (χ3n) is 1.43. The van der Waals surface area contributed by atoms with E-state index in [2.05, 4.69) is 4.98 Å². The Balaban J connectivity index is 3.53. The Hall–Kier alpha value is -0.610. The molecule has 0 radical (unpaired) electrons. The first kappa shape index (κ1) is 9.48. The standard InChI is InChI=1S/C7H8ClNO2S/c1-5-3-4-9-7(8)6(5)12(2,10)11/h3-4H,1-2H3. The molecule has 12 heavy (non-hydrogen) atoms. The van der Waals surface area contributed by atoms with Gasteiger partial charge in [-0.2, -0.15) is 0 Å². The average Bonchev–Trinajstić information content (AvgIpc) is 1.82. The molecule has 3 nitrogen and oxygen atoms in total. The number of halogens is 1. The summed E-state index contributed by atoms with van der Waals surface area (Å²) < 4.78 is 22.3. The van der Waals surface area contributed by atoms with Crippen LogP contribution in [0.4, 0.5) is 0 Å². The van der Waals surface area contributed by atoms with Crippen LogP contribution in [0.1, 0.15) is 5.56 Å². The number of rotatable bonds is 1. The van der Waals surface area contributed by atoms with E-state index in [1.54, 1.807) is 13.0 Å². The van der Waals surface area contributed by atoms with Crippen molar-refractivity contribution in [3.63, 3.8) is 0 Å². The minimum atomic E-state index is -3.26. The molecule has 0 fully saturated rings. The second-order valence-corrected chi connectivity index (χ2v) is 4.83. The van der Waals surface area contributed by atoms with Crippen LogP contribution in [0.5, 0.6) is 0 Å². The molecule has 0 saturated heterocycles. The van der Waals surface area contributed by atoms with Crippen LogP contribution >= 0.6 is 11.6 Å². The molecule has 1 heterocycles. The minimum absolute atomic E-state index is 0.0394. The average molecular weight is 206 g/mol. The SMILES string of the molecule is Cc1ccnc(Cl)c1S(C)(=O)=O. The Morgan fingerprint density at radius 3 is 2.42 bits per heavy atom. The van der Waals surface area contributed by atoms with E-state index in [-0.39, 0.29) is 10.0 Å². The van der Waals surface area contributed by atoms with Crippen LogP contribution in [0.2, 0.25) is 5.15 Å². The van der Waals surface area contributed by atoms with Crippen molar-refractivity contribution in [1.29, 1.82) is 0 Å². The lowest BCUT2D eigenvalue weighted by atomic mass is 10.3. The summed E-state index contributed by atoms with van der Waals surface area (Å²) in [7, 11) is -3.26. The van der Waals surface area contributed by atoms with Crippen LogP contribution < -0.4 is 0 Å². The molecule has 1 aromatic rings. The monoisotopic (exact) mass is 205 g/mol. The molecule has 0 unspecified atom stereocenters. The van der Waals surface area contributed by atoms with Crippen LogP contribution in [0.15, 0.2) is 17.2 Å². The van der Waals surface area contributed by atoms with Gasteiger partial charge in [0, 0.05) is 12.5 Å². The number of pyridine rings is 1. The fourth-order valence-electron chi connectivity index (χ4n) is 0.957. The van der Waals surface area contributed by atoms with Gasteiger partial charge in [-0.1, -0.05) is 11.6 Å². The summed E-state index contributed by atoms with van der Waals surface area (Å²) in [6.07, 6.45) is 2.59. The summed E-state index contributed by atoms with van der Waals surface area (Å²) in [4.78, 5) is 3.81. The molecule has 0 saturated carbocycles. The number of nitrogens with zero attached hydrogens (tertiary/aromatic N) is 1. The van der Waals surface area contributed by atoms with Crippen molar-refractivity contribution in [1.82, 2.24) is 4.98 Å². The van der Waals surface area contributed by atoms with Gasteiger partial charge < -0.3 is 0 Å². The van der Waals surface area contributed by atoms with Gasteiger partial charge in [-0.05, 0) is 18.6 Å². The number of sulfone groups is 1. The lowest BCUT2D eigenvalue weighted by Gasteiger charge is -2.03. The summed E-state index contributed by atoms with van der Waals surface area (Å²) in [6.45, 7) is 1.68. The van der Waals surface area contributed by atoms with Crippen molar-refractivity contribution in [2.45, 2.75) is 11.8 Å². The highest BCUT2D eigenvalue weighted by atomic mass is 35.5. The molecule has 0 N–H and O–H groups in total. The minimum Gasteiger partial charge on any atom is -0.243 e. The largest absolute Gasteiger partial charge is 0.243 e. The molecule has 0 aliphatic rings. The quantitative estimate of drug-likeness (QED) is 0.652. The molecule has 0 amide bonds. The lowest BCUT2D eigenvalue weighted by molar-refractivity contribution is 0.601. The van der Waals surface area contributed by atoms with Crippen molar-refractivity contribution >= 4 is 21.4 Å². The zero-order valence-corrected chi connectivity index (χ0v) is 8.28. The number of aryl methyl sites for hydroxylation is 1. The van der Waals surface area contributed by atoms with Crippen LogP contribution in [-0.2, 0) is 9.84 Å². The fourth-order valence-corrected chi connectivity index (χ4v) is 2.59. The van der Waals surface area contributed by atoms with E-state index in [9.17, 15) is 8.42 Å². The first-order valence-corrected chi connectivity index (χ1v) is 5.51. The van der Waals surface area contributed by atoms with E-state index < -0.39 is 9.84 Å². The summed E-state index contributed by atoms with van der Waals surface area (Å²) >= 11 is 5.62. The zero-order chi connectivity index (χ0) is 9.35. The third-order valence-corrected chi connectivity index (χ3v) is 3.08. The van der Waals surface area contributed by atoms with E-state index in [4.69, 9.17) is 11.6 Å². The van der Waals surface area contributed by atoms with Crippen molar-refractivity contribution in [3.05, 3.63) is 23.0 Å². The van der Waals surface area contributed by atoms with Gasteiger partial charge in [0.05, 0.1) is 0 Å². The molecule has 0 aliphatic heterocycles. The van der Waals surface area contributed by atoms with Gasteiger partial charge in [-0.15, -0.1) is 0 Å². The molecule has 0 aromatic carbocycles. The maximum atomic E-state index is 11.2. The van der Waals surface area contributed by atoms with E-state index in [0.29, 0.717) is 5.56 Å². The summed E-state index contributed by atoms with van der Waals surface area (Å²) in [5.41, 5.74) is 0.623. The smallest absolute Gasteiger partial charge is 0.178 e. The number of aromatic nitrogens is 1. The molecule has 1 rings (SSSR count). The molecule has 0 spiro atoms. The highest BCUT2D eigenvalue weighted by Gasteiger charge is 2.15. The molecule has 0 bridgehead atoms. The highest BCUT2D eigenvalue weighted by Crippen LogP contribution is 2.21. The van der Waals surface area contributed by atoms with Gasteiger partial charge in [-0.25, -0.2) is 13.4 Å². The van der Waals surface area contributed by atoms with Crippen LogP contribution in [0.3, 0.4) is 0 Å². The second kappa shape index (κ2) is 3.03. The van der Waals surface area contributed by atoms with Crippen LogP contribution in [0, 0.1) is 6.92 Å². The first-order chi connectivity index (χ1) is 5.43. The molecule has 66 valence electrons. The number of hydrogen-bond acceptors (Lipinski definition) is 3. The summed E-state index contributed by atoms with van der Waals surface area (Å²) in [6, 6.07) is 1.61. The van der Waals surface area contributed by atoms with Crippen LogP contribution in [-0.4, -0.2) is 19.7 Å². The van der Waals surface area contributed by atoms with Gasteiger partial charge in [0.2, 0.25) is 0 Å². The highest BCUT2D eigenvalue weighted by molar-refractivity contribution is 7.90. The van der Waals surface area contributed by atoms with Crippen molar-refractivity contribution < 1.29 is 8.42 Å². The van der Waals surface area contributed by atoms with Gasteiger partial charge in [0.15, 0.2) is 9.84 Å². The molecule has 0 aliphatic carbocycles. The van der Waals surface area contributed by atoms with Crippen molar-refractivity contribution in [2.24, 2.45) is 0 Å². The van der Waals surface area contributed by atoms with Crippen molar-refractivity contribution in [2.75, 3.05) is 6.26 Å². The molecular formula is C7H8ClNO2S. The summed E-state index contributed by atoms with van der Waals surface area (Å²) in [5, 5.41) is 0.0394. The first-order valence-electron chi connectivity index (χ1n) is 3.24. The van der Waals surface area contributed by atoms with E-state index in [0.717, 1.165) is 6.26 Å². The van der Waals surface area contributed by atoms with E-state index in [1.807, 2.05) is 0 Å². The van der Waals surface area contributed by atoms with E-state index >= 15 is 0 Å². The van der Waals surface area contributed by atoms with Crippen LogP contribution in [0.25, 0.3) is 0 Å². The van der Waals surface area contributed by atoms with Gasteiger partial charge in [0.25, 0.3) is 0 Å². The topological polar surface area (TPSA) is 47.0 Å². The van der Waals surface area contributed by atoms with Gasteiger partial charge in [0.1, 0.15) is 10.0 Å².